The highest BCUT2D eigenvalue weighted by atomic mass is 32.1. The summed E-state index contributed by atoms with van der Waals surface area (Å²) < 4.78 is 6.54. The topological polar surface area (TPSA) is 84.7 Å². The van der Waals surface area contributed by atoms with Gasteiger partial charge in [-0.2, -0.15) is 10.2 Å². The second kappa shape index (κ2) is 5.34. The molecule has 0 radical (unpaired) electrons. The Bertz CT molecular complexity index is 871. The van der Waals surface area contributed by atoms with Gasteiger partial charge in [0, 0.05) is 6.20 Å². The Morgan fingerprint density at radius 2 is 2.33 bits per heavy atom. The van der Waals surface area contributed by atoms with E-state index in [0.29, 0.717) is 17.3 Å². The largest absolute Gasteiger partial charge is 0.337 e. The fraction of sp³-hybridized carbons (Fsp3) is 0.143. The number of hydrogen-bond donors (Lipinski definition) is 0. The summed E-state index contributed by atoms with van der Waals surface area (Å²) in [4.78, 5) is 17.3. The molecular formula is C14H10N4O2S. The van der Waals surface area contributed by atoms with Crippen LogP contribution in [0.5, 0.6) is 0 Å². The van der Waals surface area contributed by atoms with Gasteiger partial charge >= 0.3 is 0 Å². The first kappa shape index (κ1) is 13.3. The summed E-state index contributed by atoms with van der Waals surface area (Å²) >= 11 is 1.51. The fourth-order valence-corrected chi connectivity index (χ4v) is 2.55. The van der Waals surface area contributed by atoms with Crippen molar-refractivity contribution in [1.82, 2.24) is 14.7 Å². The molecule has 3 aromatic heterocycles. The maximum Gasteiger partial charge on any atom is 0.269 e. The number of thiophene rings is 1. The Hall–Kier alpha value is -2.72. The van der Waals surface area contributed by atoms with Gasteiger partial charge in [-0.3, -0.25) is 4.79 Å². The first-order valence-corrected chi connectivity index (χ1v) is 7.03. The summed E-state index contributed by atoms with van der Waals surface area (Å²) in [5.41, 5.74) is 0.437. The van der Waals surface area contributed by atoms with E-state index in [0.717, 1.165) is 4.88 Å². The molecule has 0 saturated heterocycles. The van der Waals surface area contributed by atoms with Crippen LogP contribution in [0.3, 0.4) is 0 Å². The number of aryl methyl sites for hydroxylation is 1. The average Bonchev–Trinajstić information content (AvgIpc) is 3.13. The lowest BCUT2D eigenvalue weighted by Crippen LogP contribution is -2.23. The SMILES string of the molecule is Cc1ccn(Cc2nc(-c3cccs3)no2)c(=O)c1C#N. The zero-order chi connectivity index (χ0) is 14.8. The van der Waals surface area contributed by atoms with Crippen molar-refractivity contribution in [2.45, 2.75) is 13.5 Å². The quantitative estimate of drug-likeness (QED) is 0.740. The predicted octanol–water partition coefficient (Wildman–Crippen LogP) is 2.19. The highest BCUT2D eigenvalue weighted by Gasteiger charge is 2.12. The van der Waals surface area contributed by atoms with Crippen LogP contribution >= 0.6 is 11.3 Å². The smallest absolute Gasteiger partial charge is 0.269 e. The molecule has 0 aromatic carbocycles. The first-order chi connectivity index (χ1) is 10.2. The maximum absolute atomic E-state index is 12.1. The third-order valence-electron chi connectivity index (χ3n) is 3.00. The minimum atomic E-state index is -0.353. The number of nitrogens with zero attached hydrogens (tertiary/aromatic N) is 4. The molecule has 0 atom stereocenters. The van der Waals surface area contributed by atoms with Gasteiger partial charge in [-0.25, -0.2) is 0 Å². The van der Waals surface area contributed by atoms with Gasteiger partial charge in [0.25, 0.3) is 5.56 Å². The number of pyridine rings is 1. The molecule has 104 valence electrons. The predicted molar refractivity (Wildman–Crippen MR) is 76.9 cm³/mol. The summed E-state index contributed by atoms with van der Waals surface area (Å²) in [6.07, 6.45) is 1.62. The van der Waals surface area contributed by atoms with Gasteiger partial charge in [0.15, 0.2) is 0 Å². The number of nitriles is 1. The molecule has 3 aromatic rings. The van der Waals surface area contributed by atoms with Gasteiger partial charge in [0.2, 0.25) is 11.7 Å². The van der Waals surface area contributed by atoms with E-state index in [9.17, 15) is 4.79 Å². The molecule has 7 heteroatoms. The summed E-state index contributed by atoms with van der Waals surface area (Å²) in [7, 11) is 0. The molecule has 0 unspecified atom stereocenters. The molecule has 0 saturated carbocycles. The molecule has 6 nitrogen and oxygen atoms in total. The summed E-state index contributed by atoms with van der Waals surface area (Å²) in [5, 5.41) is 14.8. The first-order valence-electron chi connectivity index (χ1n) is 6.15. The standard InChI is InChI=1S/C14H10N4O2S/c1-9-4-5-18(14(19)10(9)7-15)8-12-16-13(17-20-12)11-3-2-6-21-11/h2-6H,8H2,1H3. The van der Waals surface area contributed by atoms with Crippen LogP contribution in [0, 0.1) is 18.3 Å². The molecule has 0 spiro atoms. The van der Waals surface area contributed by atoms with E-state index in [1.54, 1.807) is 19.2 Å². The molecule has 3 heterocycles. The zero-order valence-electron chi connectivity index (χ0n) is 11.1. The summed E-state index contributed by atoms with van der Waals surface area (Å²) in [6, 6.07) is 7.43. The van der Waals surface area contributed by atoms with Crippen LogP contribution in [0.2, 0.25) is 0 Å². The van der Waals surface area contributed by atoms with E-state index in [1.807, 2.05) is 23.6 Å². The third-order valence-corrected chi connectivity index (χ3v) is 3.87. The highest BCUT2D eigenvalue weighted by Crippen LogP contribution is 2.21. The second-order valence-corrected chi connectivity index (χ2v) is 5.36. The molecule has 21 heavy (non-hydrogen) atoms. The summed E-state index contributed by atoms with van der Waals surface area (Å²) in [5.74, 6) is 0.828. The van der Waals surface area contributed by atoms with Gasteiger partial charge in [-0.1, -0.05) is 11.2 Å². The molecule has 3 rings (SSSR count). The Labute approximate surface area is 123 Å². The Morgan fingerprint density at radius 3 is 3.05 bits per heavy atom. The van der Waals surface area contributed by atoms with E-state index >= 15 is 0 Å². The van der Waals surface area contributed by atoms with Crippen molar-refractivity contribution in [2.24, 2.45) is 0 Å². The van der Waals surface area contributed by atoms with E-state index in [-0.39, 0.29) is 17.7 Å². The van der Waals surface area contributed by atoms with Crippen molar-refractivity contribution in [3.8, 4) is 16.8 Å². The van der Waals surface area contributed by atoms with E-state index < -0.39 is 0 Å². The van der Waals surface area contributed by atoms with Crippen LogP contribution in [-0.2, 0) is 6.54 Å². The molecule has 0 amide bonds. The van der Waals surface area contributed by atoms with Crippen molar-refractivity contribution in [1.29, 1.82) is 5.26 Å². The van der Waals surface area contributed by atoms with E-state index in [1.165, 1.54) is 15.9 Å². The van der Waals surface area contributed by atoms with Crippen molar-refractivity contribution in [3.63, 3.8) is 0 Å². The fourth-order valence-electron chi connectivity index (χ4n) is 1.90. The van der Waals surface area contributed by atoms with Crippen LogP contribution in [0.4, 0.5) is 0 Å². The van der Waals surface area contributed by atoms with Crippen LogP contribution in [0.15, 0.2) is 39.1 Å². The Balaban J connectivity index is 1.92. The van der Waals surface area contributed by atoms with Gasteiger partial charge in [0.1, 0.15) is 18.2 Å². The van der Waals surface area contributed by atoms with Crippen molar-refractivity contribution >= 4 is 11.3 Å². The normalized spacial score (nSPS) is 10.5. The third kappa shape index (κ3) is 2.49. The molecule has 0 aliphatic rings. The number of aromatic nitrogens is 3. The Morgan fingerprint density at radius 1 is 1.48 bits per heavy atom. The van der Waals surface area contributed by atoms with Crippen LogP contribution in [-0.4, -0.2) is 14.7 Å². The lowest BCUT2D eigenvalue weighted by molar-refractivity contribution is 0.370. The van der Waals surface area contributed by atoms with Gasteiger partial charge in [-0.05, 0) is 30.0 Å². The lowest BCUT2D eigenvalue weighted by Gasteiger charge is -2.03. The van der Waals surface area contributed by atoms with Crippen molar-refractivity contribution in [2.75, 3.05) is 0 Å². The minimum Gasteiger partial charge on any atom is -0.337 e. The maximum atomic E-state index is 12.1. The molecule has 0 aliphatic carbocycles. The molecule has 0 bridgehead atoms. The van der Waals surface area contributed by atoms with Crippen LogP contribution in [0.25, 0.3) is 10.7 Å². The monoisotopic (exact) mass is 298 g/mol. The minimum absolute atomic E-state index is 0.135. The molecule has 0 fully saturated rings. The number of rotatable bonds is 3. The van der Waals surface area contributed by atoms with Gasteiger partial charge in [0.05, 0.1) is 4.88 Å². The van der Waals surface area contributed by atoms with Crippen molar-refractivity contribution < 1.29 is 4.52 Å². The second-order valence-electron chi connectivity index (χ2n) is 4.41. The van der Waals surface area contributed by atoms with Crippen LogP contribution < -0.4 is 5.56 Å². The zero-order valence-corrected chi connectivity index (χ0v) is 11.9. The molecular weight excluding hydrogens is 288 g/mol. The van der Waals surface area contributed by atoms with Gasteiger partial charge < -0.3 is 9.09 Å². The van der Waals surface area contributed by atoms with E-state index in [2.05, 4.69) is 10.1 Å². The lowest BCUT2D eigenvalue weighted by atomic mass is 10.2. The van der Waals surface area contributed by atoms with Crippen LogP contribution in [0.1, 0.15) is 17.0 Å². The van der Waals surface area contributed by atoms with Crippen molar-refractivity contribution in [3.05, 3.63) is 57.1 Å². The van der Waals surface area contributed by atoms with E-state index in [4.69, 9.17) is 9.78 Å². The van der Waals surface area contributed by atoms with Gasteiger partial charge in [-0.15, -0.1) is 11.3 Å². The highest BCUT2D eigenvalue weighted by molar-refractivity contribution is 7.13. The average molecular weight is 298 g/mol. The molecule has 0 aliphatic heterocycles. The summed E-state index contributed by atoms with van der Waals surface area (Å²) in [6.45, 7) is 1.87. The Kier molecular flexibility index (Phi) is 3.38. The number of hydrogen-bond acceptors (Lipinski definition) is 6. The molecule has 0 N–H and O–H groups in total.